The molecule has 6 nitrogen and oxygen atoms in total. The largest absolute Gasteiger partial charge is 0.497 e. The van der Waals surface area contributed by atoms with Crippen molar-refractivity contribution in [3.63, 3.8) is 0 Å². The van der Waals surface area contributed by atoms with E-state index in [1.165, 1.54) is 0 Å². The predicted molar refractivity (Wildman–Crippen MR) is 104 cm³/mol. The van der Waals surface area contributed by atoms with Gasteiger partial charge in [0.25, 0.3) is 5.91 Å². The van der Waals surface area contributed by atoms with Crippen molar-refractivity contribution >= 4 is 16.9 Å². The molecule has 6 heteroatoms. The van der Waals surface area contributed by atoms with Crippen LogP contribution < -0.4 is 4.74 Å². The lowest BCUT2D eigenvalue weighted by Crippen LogP contribution is -2.31. The zero-order valence-corrected chi connectivity index (χ0v) is 16.2. The van der Waals surface area contributed by atoms with Crippen LogP contribution in [0.4, 0.5) is 0 Å². The fraction of sp³-hybridized carbons (Fsp3) is 0.381. The second-order valence-electron chi connectivity index (χ2n) is 7.15. The molecule has 1 aliphatic rings. The fourth-order valence-electron chi connectivity index (χ4n) is 4.10. The third-order valence-corrected chi connectivity index (χ3v) is 5.32. The minimum absolute atomic E-state index is 0.0481. The Labute approximate surface area is 158 Å². The summed E-state index contributed by atoms with van der Waals surface area (Å²) >= 11 is 0. The smallest absolute Gasteiger partial charge is 0.255 e. The summed E-state index contributed by atoms with van der Waals surface area (Å²) in [5.41, 5.74) is 4.22. The van der Waals surface area contributed by atoms with E-state index in [4.69, 9.17) is 4.74 Å². The first-order valence-corrected chi connectivity index (χ1v) is 9.25. The number of ether oxygens (including phenoxy) is 1. The summed E-state index contributed by atoms with van der Waals surface area (Å²) in [6.45, 7) is 4.60. The van der Waals surface area contributed by atoms with Crippen LogP contribution in [0.3, 0.4) is 0 Å². The van der Waals surface area contributed by atoms with Gasteiger partial charge in [-0.1, -0.05) is 12.1 Å². The van der Waals surface area contributed by atoms with Gasteiger partial charge in [-0.15, -0.1) is 0 Å². The van der Waals surface area contributed by atoms with Gasteiger partial charge >= 0.3 is 0 Å². The van der Waals surface area contributed by atoms with Crippen molar-refractivity contribution in [3.8, 4) is 5.75 Å². The second kappa shape index (κ2) is 6.68. The van der Waals surface area contributed by atoms with Gasteiger partial charge in [-0.25, -0.2) is 4.98 Å². The minimum atomic E-state index is 0.0481. The first-order valence-electron chi connectivity index (χ1n) is 9.25. The van der Waals surface area contributed by atoms with Crippen molar-refractivity contribution < 1.29 is 9.53 Å². The third-order valence-electron chi connectivity index (χ3n) is 5.32. The third kappa shape index (κ3) is 2.95. The van der Waals surface area contributed by atoms with Crippen LogP contribution in [-0.4, -0.2) is 39.2 Å². The lowest BCUT2D eigenvalue weighted by Gasteiger charge is -2.26. The molecule has 1 atom stereocenters. The highest BCUT2D eigenvalue weighted by Crippen LogP contribution is 2.35. The molecule has 2 aromatic heterocycles. The standard InChI is InChI=1S/C21H24N4O2/c1-13-11-17(19-14(2)23-24(3)20(19)22-13)21(26)25-10-6-9-18(25)15-7-5-8-16(12-15)27-4/h5,7-8,11-12,18H,6,9-10H2,1-4H3/t18-/m1/s1. The Morgan fingerprint density at radius 2 is 2.07 bits per heavy atom. The van der Waals surface area contributed by atoms with Crippen molar-refractivity contribution in [1.82, 2.24) is 19.7 Å². The normalized spacial score (nSPS) is 16.9. The summed E-state index contributed by atoms with van der Waals surface area (Å²) in [5.74, 6) is 0.865. The van der Waals surface area contributed by atoms with Crippen LogP contribution in [0.2, 0.25) is 0 Å². The molecule has 140 valence electrons. The van der Waals surface area contributed by atoms with E-state index in [-0.39, 0.29) is 11.9 Å². The average Bonchev–Trinajstić information content (AvgIpc) is 3.26. The highest BCUT2D eigenvalue weighted by atomic mass is 16.5. The topological polar surface area (TPSA) is 60.2 Å². The van der Waals surface area contributed by atoms with Crippen molar-refractivity contribution in [2.75, 3.05) is 13.7 Å². The highest BCUT2D eigenvalue weighted by molar-refractivity contribution is 6.06. The molecule has 0 unspecified atom stereocenters. The number of hydrogen-bond donors (Lipinski definition) is 0. The zero-order valence-electron chi connectivity index (χ0n) is 16.2. The molecule has 3 heterocycles. The molecule has 1 fully saturated rings. The van der Waals surface area contributed by atoms with Gasteiger partial charge in [-0.3, -0.25) is 9.48 Å². The van der Waals surface area contributed by atoms with Crippen molar-refractivity contribution in [2.45, 2.75) is 32.7 Å². The lowest BCUT2D eigenvalue weighted by atomic mass is 10.0. The van der Waals surface area contributed by atoms with Gasteiger partial charge in [-0.2, -0.15) is 5.10 Å². The van der Waals surface area contributed by atoms with Gasteiger partial charge in [0, 0.05) is 19.3 Å². The molecule has 0 bridgehead atoms. The molecule has 1 aromatic carbocycles. The number of nitrogens with zero attached hydrogens (tertiary/aromatic N) is 4. The van der Waals surface area contributed by atoms with Crippen LogP contribution >= 0.6 is 0 Å². The van der Waals surface area contributed by atoms with Gasteiger partial charge < -0.3 is 9.64 Å². The number of carbonyl (C=O) groups excluding carboxylic acids is 1. The Bertz CT molecular complexity index is 1020. The first-order chi connectivity index (χ1) is 13.0. The number of likely N-dealkylation sites (tertiary alicyclic amines) is 1. The molecule has 0 saturated carbocycles. The van der Waals surface area contributed by atoms with Crippen molar-refractivity contribution in [2.24, 2.45) is 7.05 Å². The fourth-order valence-corrected chi connectivity index (χ4v) is 4.10. The van der Waals surface area contributed by atoms with E-state index in [0.717, 1.165) is 53.1 Å². The van der Waals surface area contributed by atoms with Crippen LogP contribution in [0.1, 0.15) is 46.2 Å². The van der Waals surface area contributed by atoms with Gasteiger partial charge in [-0.05, 0) is 50.5 Å². The van der Waals surface area contributed by atoms with E-state index in [2.05, 4.69) is 16.1 Å². The SMILES string of the molecule is COc1cccc([C@H]2CCCN2C(=O)c2cc(C)nc3c2c(C)nn3C)c1. The minimum Gasteiger partial charge on any atom is -0.497 e. The summed E-state index contributed by atoms with van der Waals surface area (Å²) in [6.07, 6.45) is 1.95. The quantitative estimate of drug-likeness (QED) is 0.713. The Hall–Kier alpha value is -2.89. The molecule has 0 spiro atoms. The number of aromatic nitrogens is 3. The molecule has 1 aliphatic heterocycles. The summed E-state index contributed by atoms with van der Waals surface area (Å²) in [7, 11) is 3.53. The van der Waals surface area contributed by atoms with Gasteiger partial charge in [0.2, 0.25) is 0 Å². The van der Waals surface area contributed by atoms with Gasteiger partial charge in [0.15, 0.2) is 5.65 Å². The maximum Gasteiger partial charge on any atom is 0.255 e. The number of benzene rings is 1. The maximum absolute atomic E-state index is 13.5. The lowest BCUT2D eigenvalue weighted by molar-refractivity contribution is 0.0737. The Morgan fingerprint density at radius 1 is 1.26 bits per heavy atom. The zero-order chi connectivity index (χ0) is 19.1. The van der Waals surface area contributed by atoms with Crippen molar-refractivity contribution in [1.29, 1.82) is 0 Å². The summed E-state index contributed by atoms with van der Waals surface area (Å²) in [4.78, 5) is 20.1. The van der Waals surface area contributed by atoms with E-state index < -0.39 is 0 Å². The maximum atomic E-state index is 13.5. The van der Waals surface area contributed by atoms with E-state index in [0.29, 0.717) is 5.56 Å². The number of rotatable bonds is 3. The van der Waals surface area contributed by atoms with Gasteiger partial charge in [0.05, 0.1) is 29.8 Å². The molecule has 0 aliphatic carbocycles. The average molecular weight is 364 g/mol. The van der Waals surface area contributed by atoms with E-state index in [1.54, 1.807) is 11.8 Å². The number of hydrogen-bond acceptors (Lipinski definition) is 4. The number of fused-ring (bicyclic) bond motifs is 1. The Balaban J connectivity index is 1.77. The summed E-state index contributed by atoms with van der Waals surface area (Å²) in [5, 5.41) is 5.32. The second-order valence-corrected chi connectivity index (χ2v) is 7.15. The summed E-state index contributed by atoms with van der Waals surface area (Å²) in [6, 6.07) is 9.96. The Morgan fingerprint density at radius 3 is 2.85 bits per heavy atom. The number of aryl methyl sites for hydroxylation is 3. The number of amides is 1. The molecule has 4 rings (SSSR count). The van der Waals surface area contributed by atoms with Crippen LogP contribution in [0.25, 0.3) is 11.0 Å². The van der Waals surface area contributed by atoms with Crippen LogP contribution in [0.15, 0.2) is 30.3 Å². The highest BCUT2D eigenvalue weighted by Gasteiger charge is 2.32. The monoisotopic (exact) mass is 364 g/mol. The molecule has 0 radical (unpaired) electrons. The van der Waals surface area contributed by atoms with Crippen molar-refractivity contribution in [3.05, 3.63) is 52.8 Å². The first kappa shape index (κ1) is 17.5. The number of carbonyl (C=O) groups is 1. The van der Waals surface area contributed by atoms with Crippen LogP contribution in [0, 0.1) is 13.8 Å². The van der Waals surface area contributed by atoms with E-state index in [9.17, 15) is 4.79 Å². The van der Waals surface area contributed by atoms with Crippen LogP contribution in [0.5, 0.6) is 5.75 Å². The molecule has 1 amide bonds. The number of methoxy groups -OCH3 is 1. The van der Waals surface area contributed by atoms with Crippen LogP contribution in [-0.2, 0) is 7.05 Å². The van der Waals surface area contributed by atoms with Gasteiger partial charge in [0.1, 0.15) is 5.75 Å². The Kier molecular flexibility index (Phi) is 4.34. The molecule has 1 saturated heterocycles. The van der Waals surface area contributed by atoms with E-state index in [1.807, 2.05) is 50.1 Å². The molecule has 27 heavy (non-hydrogen) atoms. The summed E-state index contributed by atoms with van der Waals surface area (Å²) < 4.78 is 7.11. The molecule has 0 N–H and O–H groups in total. The predicted octanol–water partition coefficient (Wildman–Crippen LogP) is 3.57. The van der Waals surface area contributed by atoms with E-state index >= 15 is 0 Å². The molecular formula is C21H24N4O2. The number of pyridine rings is 1. The molecule has 3 aromatic rings. The molecular weight excluding hydrogens is 340 g/mol.